The quantitative estimate of drug-likeness (QED) is 0.693. The first-order valence-corrected chi connectivity index (χ1v) is 8.49. The number of halogens is 2. The Balaban J connectivity index is 1.69. The molecule has 0 atom stereocenters. The fourth-order valence-corrected chi connectivity index (χ4v) is 2.90. The van der Waals surface area contributed by atoms with E-state index in [2.05, 4.69) is 4.98 Å². The van der Waals surface area contributed by atoms with Gasteiger partial charge in [-0.05, 0) is 24.6 Å². The lowest BCUT2D eigenvalue weighted by Crippen LogP contribution is -2.29. The number of aromatic nitrogens is 2. The zero-order valence-electron chi connectivity index (χ0n) is 15.1. The molecule has 0 saturated heterocycles. The van der Waals surface area contributed by atoms with Gasteiger partial charge < -0.3 is 4.90 Å². The molecule has 0 N–H and O–H groups in total. The molecule has 1 amide bonds. The first kappa shape index (κ1) is 18.7. The number of para-hydroxylation sites is 1. The summed E-state index contributed by atoms with van der Waals surface area (Å²) in [6, 6.07) is 8.64. The smallest absolute Gasteiger partial charge is 0.261 e. The lowest BCUT2D eigenvalue weighted by Gasteiger charge is -2.18. The Hall–Kier alpha value is -3.09. The topological polar surface area (TPSA) is 55.2 Å². The molecular formula is C20H19F2N3O2. The number of hydrogen-bond acceptors (Lipinski definition) is 3. The van der Waals surface area contributed by atoms with E-state index >= 15 is 0 Å². The van der Waals surface area contributed by atoms with Crippen molar-refractivity contribution in [3.8, 4) is 0 Å². The summed E-state index contributed by atoms with van der Waals surface area (Å²) in [7, 11) is 1.54. The molecule has 5 nitrogen and oxygen atoms in total. The zero-order chi connectivity index (χ0) is 19.6. The molecule has 0 saturated carbocycles. The van der Waals surface area contributed by atoms with E-state index in [0.29, 0.717) is 10.9 Å². The van der Waals surface area contributed by atoms with Gasteiger partial charge in [0.2, 0.25) is 5.91 Å². The molecule has 0 spiro atoms. The van der Waals surface area contributed by atoms with Crippen LogP contribution in [-0.4, -0.2) is 27.4 Å². The number of amides is 1. The standard InChI is InChI=1S/C20H19F2N3O2/c1-13-4-3-5-16-19(13)23-12-25(20(16)27)9-8-18(26)24(2)11-14-6-7-15(21)10-17(14)22/h3-7,10,12H,8-9,11H2,1-2H3. The minimum Gasteiger partial charge on any atom is -0.341 e. The van der Waals surface area contributed by atoms with Gasteiger partial charge in [-0.15, -0.1) is 0 Å². The van der Waals surface area contributed by atoms with Crippen LogP contribution in [0.2, 0.25) is 0 Å². The summed E-state index contributed by atoms with van der Waals surface area (Å²) in [5.41, 5.74) is 1.58. The van der Waals surface area contributed by atoms with Crippen LogP contribution < -0.4 is 5.56 Å². The van der Waals surface area contributed by atoms with Crippen molar-refractivity contribution in [1.82, 2.24) is 14.5 Å². The van der Waals surface area contributed by atoms with Crippen LogP contribution in [0, 0.1) is 18.6 Å². The molecule has 3 rings (SSSR count). The third-order valence-electron chi connectivity index (χ3n) is 4.47. The number of benzene rings is 2. The van der Waals surface area contributed by atoms with Crippen molar-refractivity contribution < 1.29 is 13.6 Å². The highest BCUT2D eigenvalue weighted by Gasteiger charge is 2.13. The Morgan fingerprint density at radius 1 is 1.22 bits per heavy atom. The van der Waals surface area contributed by atoms with Gasteiger partial charge >= 0.3 is 0 Å². The molecule has 1 aromatic heterocycles. The highest BCUT2D eigenvalue weighted by molar-refractivity contribution is 5.80. The molecule has 0 aliphatic heterocycles. The summed E-state index contributed by atoms with van der Waals surface area (Å²) in [6.45, 7) is 2.08. The lowest BCUT2D eigenvalue weighted by molar-refractivity contribution is -0.130. The average molecular weight is 371 g/mol. The normalized spacial score (nSPS) is 11.0. The fraction of sp³-hybridized carbons (Fsp3) is 0.250. The third-order valence-corrected chi connectivity index (χ3v) is 4.47. The molecule has 0 aliphatic carbocycles. The van der Waals surface area contributed by atoms with Crippen LogP contribution in [0.4, 0.5) is 8.78 Å². The van der Waals surface area contributed by atoms with Gasteiger partial charge in [-0.2, -0.15) is 0 Å². The van der Waals surface area contributed by atoms with E-state index in [9.17, 15) is 18.4 Å². The molecule has 0 radical (unpaired) electrons. The van der Waals surface area contributed by atoms with Crippen molar-refractivity contribution in [3.05, 3.63) is 75.8 Å². The van der Waals surface area contributed by atoms with E-state index in [1.807, 2.05) is 13.0 Å². The molecule has 0 aliphatic rings. The Morgan fingerprint density at radius 2 is 2.00 bits per heavy atom. The molecular weight excluding hydrogens is 352 g/mol. The second-order valence-corrected chi connectivity index (χ2v) is 6.45. The SMILES string of the molecule is Cc1cccc2c(=O)n(CCC(=O)N(C)Cc3ccc(F)cc3F)cnc12. The maximum Gasteiger partial charge on any atom is 0.261 e. The predicted octanol–water partition coefficient (Wildman–Crippen LogP) is 3.03. The maximum absolute atomic E-state index is 13.7. The van der Waals surface area contributed by atoms with Gasteiger partial charge in [-0.3, -0.25) is 14.2 Å². The number of carbonyl (C=O) groups is 1. The molecule has 2 aromatic carbocycles. The van der Waals surface area contributed by atoms with Crippen molar-refractivity contribution >= 4 is 16.8 Å². The molecule has 1 heterocycles. The third kappa shape index (κ3) is 4.02. The highest BCUT2D eigenvalue weighted by Crippen LogP contribution is 2.13. The molecule has 0 unspecified atom stereocenters. The van der Waals surface area contributed by atoms with Crippen molar-refractivity contribution in [2.75, 3.05) is 7.05 Å². The van der Waals surface area contributed by atoms with Crippen molar-refractivity contribution in [1.29, 1.82) is 0 Å². The largest absolute Gasteiger partial charge is 0.341 e. The Kier molecular flexibility index (Phi) is 5.30. The van der Waals surface area contributed by atoms with E-state index in [1.165, 1.54) is 28.9 Å². The number of nitrogens with zero attached hydrogens (tertiary/aromatic N) is 3. The highest BCUT2D eigenvalue weighted by atomic mass is 19.1. The van der Waals surface area contributed by atoms with Crippen LogP contribution in [0.5, 0.6) is 0 Å². The lowest BCUT2D eigenvalue weighted by atomic mass is 10.1. The number of rotatable bonds is 5. The van der Waals surface area contributed by atoms with Crippen LogP contribution in [0.25, 0.3) is 10.9 Å². The van der Waals surface area contributed by atoms with Crippen molar-refractivity contribution in [2.45, 2.75) is 26.4 Å². The summed E-state index contributed by atoms with van der Waals surface area (Å²) in [6.07, 6.45) is 1.50. The first-order valence-electron chi connectivity index (χ1n) is 8.49. The summed E-state index contributed by atoms with van der Waals surface area (Å²) >= 11 is 0. The summed E-state index contributed by atoms with van der Waals surface area (Å²) in [5.74, 6) is -1.61. The van der Waals surface area contributed by atoms with Gasteiger partial charge in [0, 0.05) is 38.2 Å². The minimum absolute atomic E-state index is 0.0228. The summed E-state index contributed by atoms with van der Waals surface area (Å²) in [5, 5.41) is 0.506. The van der Waals surface area contributed by atoms with Crippen LogP contribution in [0.1, 0.15) is 17.5 Å². The van der Waals surface area contributed by atoms with Gasteiger partial charge in [-0.1, -0.05) is 18.2 Å². The van der Waals surface area contributed by atoms with Crippen molar-refractivity contribution in [2.24, 2.45) is 0 Å². The number of fused-ring (bicyclic) bond motifs is 1. The Morgan fingerprint density at radius 3 is 2.74 bits per heavy atom. The van der Waals surface area contributed by atoms with Gasteiger partial charge in [0.05, 0.1) is 17.2 Å². The summed E-state index contributed by atoms with van der Waals surface area (Å²) < 4.78 is 28.1. The van der Waals surface area contributed by atoms with Crippen LogP contribution in [-0.2, 0) is 17.9 Å². The van der Waals surface area contributed by atoms with Gasteiger partial charge in [-0.25, -0.2) is 13.8 Å². The maximum atomic E-state index is 13.7. The van der Waals surface area contributed by atoms with Gasteiger partial charge in [0.25, 0.3) is 5.56 Å². The molecule has 7 heteroatoms. The van der Waals surface area contributed by atoms with Gasteiger partial charge in [0.15, 0.2) is 0 Å². The van der Waals surface area contributed by atoms with Crippen LogP contribution >= 0.6 is 0 Å². The predicted molar refractivity (Wildman–Crippen MR) is 98.2 cm³/mol. The van der Waals surface area contributed by atoms with E-state index in [4.69, 9.17) is 0 Å². The van der Waals surface area contributed by atoms with E-state index in [1.54, 1.807) is 12.1 Å². The van der Waals surface area contributed by atoms with Gasteiger partial charge in [0.1, 0.15) is 11.6 Å². The second kappa shape index (κ2) is 7.65. The molecule has 140 valence electrons. The number of carbonyl (C=O) groups excluding carboxylic acids is 1. The molecule has 27 heavy (non-hydrogen) atoms. The number of aryl methyl sites for hydroxylation is 2. The van der Waals surface area contributed by atoms with Crippen LogP contribution in [0.15, 0.2) is 47.5 Å². The van der Waals surface area contributed by atoms with Crippen LogP contribution in [0.3, 0.4) is 0 Å². The van der Waals surface area contributed by atoms with Crippen molar-refractivity contribution in [3.63, 3.8) is 0 Å². The Bertz CT molecular complexity index is 1060. The summed E-state index contributed by atoms with van der Waals surface area (Å²) in [4.78, 5) is 30.5. The van der Waals surface area contributed by atoms with E-state index < -0.39 is 11.6 Å². The van der Waals surface area contributed by atoms with E-state index in [0.717, 1.165) is 17.7 Å². The molecule has 3 aromatic rings. The first-order chi connectivity index (χ1) is 12.9. The second-order valence-electron chi connectivity index (χ2n) is 6.45. The Labute approximate surface area is 154 Å². The molecule has 0 fully saturated rings. The van der Waals surface area contributed by atoms with E-state index in [-0.39, 0.29) is 36.5 Å². The zero-order valence-corrected chi connectivity index (χ0v) is 15.1. The average Bonchev–Trinajstić information content (AvgIpc) is 2.63. The monoisotopic (exact) mass is 371 g/mol. The minimum atomic E-state index is -0.694. The fourth-order valence-electron chi connectivity index (χ4n) is 2.90. The molecule has 0 bridgehead atoms. The number of hydrogen-bond donors (Lipinski definition) is 0.